The Morgan fingerprint density at radius 2 is 1.65 bits per heavy atom. The molecular formula is C16H14S. The molecule has 1 aliphatic carbocycles. The van der Waals surface area contributed by atoms with Crippen LogP contribution in [-0.2, 0) is 12.8 Å². The van der Waals surface area contributed by atoms with Crippen molar-refractivity contribution in [1.82, 2.24) is 0 Å². The Labute approximate surface area is 105 Å². The molecule has 0 amide bonds. The van der Waals surface area contributed by atoms with Gasteiger partial charge in [0.05, 0.1) is 0 Å². The van der Waals surface area contributed by atoms with Crippen LogP contribution in [0.4, 0.5) is 0 Å². The second kappa shape index (κ2) is 3.58. The van der Waals surface area contributed by atoms with Crippen molar-refractivity contribution in [3.63, 3.8) is 0 Å². The van der Waals surface area contributed by atoms with E-state index >= 15 is 0 Å². The molecule has 0 saturated heterocycles. The smallest absolute Gasteiger partial charge is 0.00143 e. The molecule has 0 spiro atoms. The fourth-order valence-corrected chi connectivity index (χ4v) is 3.81. The molecule has 1 aliphatic rings. The van der Waals surface area contributed by atoms with Gasteiger partial charge >= 0.3 is 0 Å². The summed E-state index contributed by atoms with van der Waals surface area (Å²) in [6.07, 6.45) is 5.25. The van der Waals surface area contributed by atoms with E-state index in [1.807, 2.05) is 0 Å². The maximum atomic E-state index is 2.39. The van der Waals surface area contributed by atoms with Crippen LogP contribution in [0, 0.1) is 0 Å². The topological polar surface area (TPSA) is 0 Å². The maximum absolute atomic E-state index is 2.39. The molecule has 0 saturated carbocycles. The van der Waals surface area contributed by atoms with E-state index in [9.17, 15) is 0 Å². The molecule has 84 valence electrons. The summed E-state index contributed by atoms with van der Waals surface area (Å²) >= 11 is 1.80. The quantitative estimate of drug-likeness (QED) is 0.520. The highest BCUT2D eigenvalue weighted by Crippen LogP contribution is 2.32. The predicted molar refractivity (Wildman–Crippen MR) is 76.0 cm³/mol. The van der Waals surface area contributed by atoms with E-state index in [0.717, 1.165) is 0 Å². The Morgan fingerprint density at radius 1 is 0.824 bits per heavy atom. The fourth-order valence-electron chi connectivity index (χ4n) is 3.05. The van der Waals surface area contributed by atoms with E-state index in [1.54, 1.807) is 22.5 Å². The lowest BCUT2D eigenvalue weighted by Gasteiger charge is -2.18. The fraction of sp³-hybridized carbons (Fsp3) is 0.250. The monoisotopic (exact) mass is 238 g/mol. The van der Waals surface area contributed by atoms with Crippen LogP contribution in [0.25, 0.3) is 21.5 Å². The largest absolute Gasteiger partial charge is 0.151 e. The van der Waals surface area contributed by atoms with E-state index in [1.165, 1.54) is 47.2 Å². The molecule has 0 radical (unpaired) electrons. The lowest BCUT2D eigenvalue weighted by atomic mass is 9.87. The Bertz CT molecular complexity index is 706. The predicted octanol–water partition coefficient (Wildman–Crippen LogP) is 4.93. The van der Waals surface area contributed by atoms with Gasteiger partial charge in [0.2, 0.25) is 0 Å². The minimum atomic E-state index is 1.27. The second-order valence-electron chi connectivity index (χ2n) is 4.98. The van der Waals surface area contributed by atoms with Gasteiger partial charge in [-0.25, -0.2) is 0 Å². The Hall–Kier alpha value is -1.34. The summed E-state index contributed by atoms with van der Waals surface area (Å²) in [5, 5.41) is 10.2. The standard InChI is InChI=1S/C16H14S/c1-2-4-15-11(3-1)5-6-12-7-13-9-17-10-14(13)8-16(12)15/h5-10H,1-4H2. The molecule has 0 bridgehead atoms. The summed E-state index contributed by atoms with van der Waals surface area (Å²) in [6.45, 7) is 0. The third kappa shape index (κ3) is 1.42. The van der Waals surface area contributed by atoms with Crippen LogP contribution in [0.2, 0.25) is 0 Å². The SMILES string of the molecule is c1cc2cc3cscc3cc2c2c1CCCC2. The third-order valence-corrected chi connectivity index (χ3v) is 4.72. The van der Waals surface area contributed by atoms with E-state index in [2.05, 4.69) is 35.0 Å². The van der Waals surface area contributed by atoms with Crippen molar-refractivity contribution >= 4 is 32.9 Å². The van der Waals surface area contributed by atoms with Gasteiger partial charge < -0.3 is 0 Å². The van der Waals surface area contributed by atoms with Crippen LogP contribution in [0.1, 0.15) is 24.0 Å². The zero-order valence-corrected chi connectivity index (χ0v) is 10.5. The van der Waals surface area contributed by atoms with Crippen LogP contribution in [-0.4, -0.2) is 0 Å². The van der Waals surface area contributed by atoms with Crippen LogP contribution >= 0.6 is 11.3 Å². The second-order valence-corrected chi connectivity index (χ2v) is 5.73. The molecular weight excluding hydrogens is 224 g/mol. The number of hydrogen-bond acceptors (Lipinski definition) is 1. The Kier molecular flexibility index (Phi) is 2.03. The number of benzene rings is 2. The molecule has 0 atom stereocenters. The molecule has 0 unspecified atom stereocenters. The number of rotatable bonds is 0. The number of fused-ring (bicyclic) bond motifs is 4. The summed E-state index contributed by atoms with van der Waals surface area (Å²) in [4.78, 5) is 0. The Morgan fingerprint density at radius 3 is 2.59 bits per heavy atom. The van der Waals surface area contributed by atoms with E-state index in [0.29, 0.717) is 0 Å². The van der Waals surface area contributed by atoms with Crippen molar-refractivity contribution in [2.75, 3.05) is 0 Å². The molecule has 0 fully saturated rings. The van der Waals surface area contributed by atoms with Crippen LogP contribution in [0.5, 0.6) is 0 Å². The molecule has 1 heterocycles. The van der Waals surface area contributed by atoms with E-state index in [-0.39, 0.29) is 0 Å². The van der Waals surface area contributed by atoms with Crippen LogP contribution in [0.15, 0.2) is 35.0 Å². The zero-order valence-electron chi connectivity index (χ0n) is 9.70. The van der Waals surface area contributed by atoms with Gasteiger partial charge in [0.15, 0.2) is 0 Å². The summed E-state index contributed by atoms with van der Waals surface area (Å²) in [6, 6.07) is 9.38. The van der Waals surface area contributed by atoms with Gasteiger partial charge in [0.25, 0.3) is 0 Å². The van der Waals surface area contributed by atoms with Gasteiger partial charge in [-0.2, -0.15) is 11.3 Å². The minimum absolute atomic E-state index is 1.27. The van der Waals surface area contributed by atoms with Crippen molar-refractivity contribution in [2.45, 2.75) is 25.7 Å². The normalized spacial score (nSPS) is 15.3. The van der Waals surface area contributed by atoms with Gasteiger partial charge in [0.1, 0.15) is 0 Å². The highest BCUT2D eigenvalue weighted by molar-refractivity contribution is 7.09. The zero-order chi connectivity index (χ0) is 11.2. The first-order chi connectivity index (χ1) is 8.42. The molecule has 2 aromatic carbocycles. The molecule has 1 heteroatoms. The van der Waals surface area contributed by atoms with E-state index in [4.69, 9.17) is 0 Å². The first-order valence-electron chi connectivity index (χ1n) is 6.32. The number of thiophene rings is 1. The van der Waals surface area contributed by atoms with Crippen LogP contribution < -0.4 is 0 Å². The lowest BCUT2D eigenvalue weighted by molar-refractivity contribution is 0.690. The molecule has 17 heavy (non-hydrogen) atoms. The van der Waals surface area contributed by atoms with Gasteiger partial charge in [-0.15, -0.1) is 0 Å². The molecule has 0 nitrogen and oxygen atoms in total. The van der Waals surface area contributed by atoms with Gasteiger partial charge in [0, 0.05) is 0 Å². The highest BCUT2D eigenvalue weighted by Gasteiger charge is 2.12. The number of aryl methyl sites for hydroxylation is 2. The first-order valence-corrected chi connectivity index (χ1v) is 7.26. The first kappa shape index (κ1) is 9.67. The van der Waals surface area contributed by atoms with Crippen LogP contribution in [0.3, 0.4) is 0 Å². The summed E-state index contributed by atoms with van der Waals surface area (Å²) < 4.78 is 0. The van der Waals surface area contributed by atoms with Crippen molar-refractivity contribution < 1.29 is 0 Å². The van der Waals surface area contributed by atoms with Gasteiger partial charge in [-0.3, -0.25) is 0 Å². The molecule has 0 N–H and O–H groups in total. The minimum Gasteiger partial charge on any atom is -0.151 e. The molecule has 3 aromatic rings. The third-order valence-electron chi connectivity index (χ3n) is 3.94. The summed E-state index contributed by atoms with van der Waals surface area (Å²) in [7, 11) is 0. The summed E-state index contributed by atoms with van der Waals surface area (Å²) in [5.41, 5.74) is 3.19. The Balaban J connectivity index is 2.13. The van der Waals surface area contributed by atoms with Crippen molar-refractivity contribution in [3.8, 4) is 0 Å². The average molecular weight is 238 g/mol. The molecule has 4 rings (SSSR count). The highest BCUT2D eigenvalue weighted by atomic mass is 32.1. The maximum Gasteiger partial charge on any atom is -0.00143 e. The summed E-state index contributed by atoms with van der Waals surface area (Å²) in [5.74, 6) is 0. The molecule has 1 aromatic heterocycles. The van der Waals surface area contributed by atoms with Crippen molar-refractivity contribution in [2.24, 2.45) is 0 Å². The van der Waals surface area contributed by atoms with E-state index < -0.39 is 0 Å². The molecule has 0 aliphatic heterocycles. The van der Waals surface area contributed by atoms with Gasteiger partial charge in [-0.1, -0.05) is 12.1 Å². The lowest BCUT2D eigenvalue weighted by Crippen LogP contribution is -2.02. The van der Waals surface area contributed by atoms with Gasteiger partial charge in [-0.05, 0) is 81.2 Å². The number of hydrogen-bond donors (Lipinski definition) is 0. The van der Waals surface area contributed by atoms with Crippen molar-refractivity contribution in [3.05, 3.63) is 46.2 Å². The van der Waals surface area contributed by atoms with Crippen molar-refractivity contribution in [1.29, 1.82) is 0 Å². The average Bonchev–Trinajstić information content (AvgIpc) is 2.83.